The van der Waals surface area contributed by atoms with Gasteiger partial charge in [0.05, 0.1) is 12.0 Å². The van der Waals surface area contributed by atoms with Crippen molar-refractivity contribution >= 4 is 12.0 Å². The SMILES string of the molecule is Cc1cc(OCc2ccccc2C)ccc1C=CC1CC(C)(O)CC(=O)O1. The van der Waals surface area contributed by atoms with Crippen LogP contribution in [0, 0.1) is 13.8 Å². The van der Waals surface area contributed by atoms with Crippen molar-refractivity contribution in [2.45, 2.75) is 51.9 Å². The number of esters is 1. The van der Waals surface area contributed by atoms with Crippen molar-refractivity contribution in [2.24, 2.45) is 0 Å². The third kappa shape index (κ3) is 5.20. The van der Waals surface area contributed by atoms with Crippen molar-refractivity contribution in [3.8, 4) is 5.75 Å². The van der Waals surface area contributed by atoms with E-state index in [4.69, 9.17) is 9.47 Å². The van der Waals surface area contributed by atoms with Crippen LogP contribution in [0.3, 0.4) is 0 Å². The van der Waals surface area contributed by atoms with Crippen molar-refractivity contribution in [1.29, 1.82) is 0 Å². The number of aryl methyl sites for hydroxylation is 2. The highest BCUT2D eigenvalue weighted by molar-refractivity contribution is 5.72. The molecule has 0 amide bonds. The van der Waals surface area contributed by atoms with E-state index in [1.54, 1.807) is 6.92 Å². The monoisotopic (exact) mass is 366 g/mol. The predicted octanol–water partition coefficient (Wildman–Crippen LogP) is 4.35. The average Bonchev–Trinajstić information content (AvgIpc) is 2.58. The summed E-state index contributed by atoms with van der Waals surface area (Å²) in [4.78, 5) is 11.6. The van der Waals surface area contributed by atoms with E-state index in [1.165, 1.54) is 11.1 Å². The Balaban J connectivity index is 1.64. The fourth-order valence-electron chi connectivity index (χ4n) is 3.25. The smallest absolute Gasteiger partial charge is 0.309 e. The first-order valence-electron chi connectivity index (χ1n) is 9.20. The van der Waals surface area contributed by atoms with Gasteiger partial charge in [-0.3, -0.25) is 4.79 Å². The minimum atomic E-state index is -1.01. The number of ether oxygens (including phenoxy) is 2. The minimum absolute atomic E-state index is 0.0449. The van der Waals surface area contributed by atoms with Gasteiger partial charge in [-0.2, -0.15) is 0 Å². The summed E-state index contributed by atoms with van der Waals surface area (Å²) in [5.41, 5.74) is 3.48. The van der Waals surface area contributed by atoms with Gasteiger partial charge in [0.15, 0.2) is 0 Å². The van der Waals surface area contributed by atoms with E-state index in [-0.39, 0.29) is 12.4 Å². The first-order chi connectivity index (χ1) is 12.8. The summed E-state index contributed by atoms with van der Waals surface area (Å²) >= 11 is 0. The highest BCUT2D eigenvalue weighted by Gasteiger charge is 2.34. The molecule has 0 aliphatic carbocycles. The third-order valence-electron chi connectivity index (χ3n) is 4.84. The fourth-order valence-corrected chi connectivity index (χ4v) is 3.25. The predicted molar refractivity (Wildman–Crippen MR) is 105 cm³/mol. The maximum Gasteiger partial charge on any atom is 0.309 e. The van der Waals surface area contributed by atoms with Crippen LogP contribution in [0.25, 0.3) is 6.08 Å². The molecule has 4 heteroatoms. The molecule has 142 valence electrons. The van der Waals surface area contributed by atoms with E-state index in [9.17, 15) is 9.90 Å². The first-order valence-corrected chi connectivity index (χ1v) is 9.20. The van der Waals surface area contributed by atoms with Crippen molar-refractivity contribution in [2.75, 3.05) is 0 Å². The lowest BCUT2D eigenvalue weighted by atomic mass is 9.91. The molecule has 0 radical (unpaired) electrons. The first kappa shape index (κ1) is 19.2. The summed E-state index contributed by atoms with van der Waals surface area (Å²) in [6, 6.07) is 14.1. The van der Waals surface area contributed by atoms with Gasteiger partial charge in [-0.05, 0) is 61.2 Å². The molecule has 0 aromatic heterocycles. The number of cyclic esters (lactones) is 1. The summed E-state index contributed by atoms with van der Waals surface area (Å²) < 4.78 is 11.2. The molecule has 4 nitrogen and oxygen atoms in total. The molecule has 1 saturated heterocycles. The largest absolute Gasteiger partial charge is 0.489 e. The number of hydrogen-bond donors (Lipinski definition) is 1. The number of hydrogen-bond acceptors (Lipinski definition) is 4. The van der Waals surface area contributed by atoms with Crippen LogP contribution in [0.5, 0.6) is 5.75 Å². The number of carbonyl (C=O) groups is 1. The van der Waals surface area contributed by atoms with E-state index in [0.717, 1.165) is 16.9 Å². The molecule has 1 N–H and O–H groups in total. The highest BCUT2D eigenvalue weighted by atomic mass is 16.5. The quantitative estimate of drug-likeness (QED) is 0.799. The Morgan fingerprint density at radius 3 is 2.70 bits per heavy atom. The second kappa shape index (κ2) is 7.97. The number of benzene rings is 2. The molecule has 0 saturated carbocycles. The molecule has 0 spiro atoms. The minimum Gasteiger partial charge on any atom is -0.489 e. The maximum atomic E-state index is 11.6. The van der Waals surface area contributed by atoms with Crippen LogP contribution in [0.4, 0.5) is 0 Å². The molecular weight excluding hydrogens is 340 g/mol. The lowest BCUT2D eigenvalue weighted by molar-refractivity contribution is -0.163. The van der Waals surface area contributed by atoms with Gasteiger partial charge in [-0.1, -0.05) is 36.4 Å². The number of rotatable bonds is 5. The van der Waals surface area contributed by atoms with Gasteiger partial charge in [0, 0.05) is 6.42 Å². The topological polar surface area (TPSA) is 55.8 Å². The van der Waals surface area contributed by atoms with Crippen LogP contribution >= 0.6 is 0 Å². The van der Waals surface area contributed by atoms with Crippen LogP contribution < -0.4 is 4.74 Å². The molecule has 2 unspecified atom stereocenters. The fraction of sp³-hybridized carbons (Fsp3) is 0.348. The molecule has 1 aliphatic rings. The average molecular weight is 366 g/mol. The van der Waals surface area contributed by atoms with Crippen LogP contribution in [0.2, 0.25) is 0 Å². The molecule has 3 rings (SSSR count). The Morgan fingerprint density at radius 1 is 1.22 bits per heavy atom. The molecule has 27 heavy (non-hydrogen) atoms. The van der Waals surface area contributed by atoms with Gasteiger partial charge in [0.25, 0.3) is 0 Å². The normalized spacial score (nSPS) is 22.7. The van der Waals surface area contributed by atoms with Crippen LogP contribution in [0.15, 0.2) is 48.5 Å². The van der Waals surface area contributed by atoms with Crippen molar-refractivity contribution < 1.29 is 19.4 Å². The van der Waals surface area contributed by atoms with Crippen molar-refractivity contribution in [3.05, 3.63) is 70.8 Å². The summed E-state index contributed by atoms with van der Waals surface area (Å²) in [5, 5.41) is 10.1. The van der Waals surface area contributed by atoms with Crippen LogP contribution in [-0.2, 0) is 16.1 Å². The second-order valence-electron chi connectivity index (χ2n) is 7.50. The van der Waals surface area contributed by atoms with E-state index >= 15 is 0 Å². The molecule has 1 fully saturated rings. The molecule has 1 aliphatic heterocycles. The third-order valence-corrected chi connectivity index (χ3v) is 4.84. The highest BCUT2D eigenvalue weighted by Crippen LogP contribution is 2.27. The van der Waals surface area contributed by atoms with Gasteiger partial charge in [-0.15, -0.1) is 0 Å². The summed E-state index contributed by atoms with van der Waals surface area (Å²) in [5.74, 6) is 0.456. The summed E-state index contributed by atoms with van der Waals surface area (Å²) in [6.07, 6.45) is 3.81. The number of aliphatic hydroxyl groups is 1. The molecular formula is C23H26O4. The molecule has 2 atom stereocenters. The lowest BCUT2D eigenvalue weighted by Crippen LogP contribution is -2.40. The molecule has 1 heterocycles. The molecule has 0 bridgehead atoms. The maximum absolute atomic E-state index is 11.6. The lowest BCUT2D eigenvalue weighted by Gasteiger charge is -2.31. The standard InChI is InChI=1S/C23H26O4/c1-16-6-4-5-7-19(16)15-26-20-10-8-18(17(2)12-20)9-11-21-13-23(3,25)14-22(24)27-21/h4-12,21,25H,13-15H2,1-3H3. The molecule has 2 aromatic carbocycles. The Kier molecular flexibility index (Phi) is 5.66. The van der Waals surface area contributed by atoms with E-state index in [2.05, 4.69) is 19.1 Å². The van der Waals surface area contributed by atoms with Gasteiger partial charge < -0.3 is 14.6 Å². The Morgan fingerprint density at radius 2 is 2.00 bits per heavy atom. The number of carbonyl (C=O) groups excluding carboxylic acids is 1. The Labute approximate surface area is 160 Å². The Hall–Kier alpha value is -2.59. The van der Waals surface area contributed by atoms with E-state index in [0.29, 0.717) is 13.0 Å². The van der Waals surface area contributed by atoms with Gasteiger partial charge in [-0.25, -0.2) is 0 Å². The van der Waals surface area contributed by atoms with Gasteiger partial charge in [0.2, 0.25) is 0 Å². The zero-order valence-corrected chi connectivity index (χ0v) is 16.1. The molecule has 2 aromatic rings. The van der Waals surface area contributed by atoms with E-state index in [1.807, 2.05) is 49.4 Å². The second-order valence-corrected chi connectivity index (χ2v) is 7.50. The summed E-state index contributed by atoms with van der Waals surface area (Å²) in [7, 11) is 0. The van der Waals surface area contributed by atoms with Crippen LogP contribution in [-0.4, -0.2) is 22.8 Å². The van der Waals surface area contributed by atoms with Crippen LogP contribution in [0.1, 0.15) is 42.0 Å². The van der Waals surface area contributed by atoms with Gasteiger partial charge in [0.1, 0.15) is 18.5 Å². The van der Waals surface area contributed by atoms with Crippen molar-refractivity contribution in [3.63, 3.8) is 0 Å². The summed E-state index contributed by atoms with van der Waals surface area (Å²) in [6.45, 7) is 6.30. The zero-order chi connectivity index (χ0) is 19.4. The zero-order valence-electron chi connectivity index (χ0n) is 16.1. The van der Waals surface area contributed by atoms with Gasteiger partial charge >= 0.3 is 5.97 Å². The Bertz CT molecular complexity index is 851. The van der Waals surface area contributed by atoms with Crippen molar-refractivity contribution in [1.82, 2.24) is 0 Å². The van der Waals surface area contributed by atoms with E-state index < -0.39 is 11.7 Å².